The molecule has 4 aromatic rings. The lowest BCUT2D eigenvalue weighted by atomic mass is 10.2. The normalized spacial score (nSPS) is 10.9. The molecule has 34 heavy (non-hydrogen) atoms. The number of nitrogens with zero attached hydrogens (tertiary/aromatic N) is 3. The van der Waals surface area contributed by atoms with Crippen LogP contribution in [0.1, 0.15) is 49.2 Å². The highest BCUT2D eigenvalue weighted by Crippen LogP contribution is 2.27. The Morgan fingerprint density at radius 1 is 1.15 bits per heavy atom. The maximum atomic E-state index is 13.0. The molecule has 3 aromatic heterocycles. The average molecular weight is 478 g/mol. The number of benzene rings is 1. The van der Waals surface area contributed by atoms with Gasteiger partial charge < -0.3 is 10.1 Å². The van der Waals surface area contributed by atoms with Gasteiger partial charge in [0.25, 0.3) is 11.5 Å². The first-order chi connectivity index (χ1) is 16.6. The molecule has 9 heteroatoms. The predicted molar refractivity (Wildman–Crippen MR) is 134 cm³/mol. The highest BCUT2D eigenvalue weighted by atomic mass is 32.1. The van der Waals surface area contributed by atoms with Crippen molar-refractivity contribution in [1.82, 2.24) is 19.7 Å². The van der Waals surface area contributed by atoms with Gasteiger partial charge in [0.2, 0.25) is 5.95 Å². The number of amides is 1. The van der Waals surface area contributed by atoms with Crippen LogP contribution in [0, 0.1) is 0 Å². The topological polar surface area (TPSA) is 102 Å². The van der Waals surface area contributed by atoms with Gasteiger partial charge in [0.15, 0.2) is 0 Å². The maximum Gasteiger partial charge on any atom is 0.256 e. The molecule has 0 bridgehead atoms. The van der Waals surface area contributed by atoms with Crippen molar-refractivity contribution in [3.63, 3.8) is 0 Å². The van der Waals surface area contributed by atoms with Crippen molar-refractivity contribution < 1.29 is 9.53 Å². The average Bonchev–Trinajstić information content (AvgIpc) is 3.50. The second kappa shape index (κ2) is 10.9. The number of nitrogens with one attached hydrogen (secondary N) is 2. The van der Waals surface area contributed by atoms with Crippen LogP contribution in [0.2, 0.25) is 0 Å². The molecule has 0 saturated heterocycles. The lowest BCUT2D eigenvalue weighted by Gasteiger charge is -2.10. The summed E-state index contributed by atoms with van der Waals surface area (Å²) in [6.07, 6.45) is 3.57. The minimum absolute atomic E-state index is 0.258. The Bertz CT molecular complexity index is 1290. The monoisotopic (exact) mass is 477 g/mol. The van der Waals surface area contributed by atoms with Crippen molar-refractivity contribution in [1.29, 1.82) is 0 Å². The summed E-state index contributed by atoms with van der Waals surface area (Å²) < 4.78 is 7.14. The van der Waals surface area contributed by atoms with E-state index in [1.54, 1.807) is 30.3 Å². The SMILES string of the molecule is CCCCOc1ccc(C(=O)Nc2cc(-c3cccs3)nn2-c2nc(CCC)cc(=O)[nH]2)cc1. The van der Waals surface area contributed by atoms with Crippen molar-refractivity contribution in [3.05, 3.63) is 75.5 Å². The first-order valence-electron chi connectivity index (χ1n) is 11.4. The number of carbonyl (C=O) groups is 1. The number of hydrogen-bond acceptors (Lipinski definition) is 6. The van der Waals surface area contributed by atoms with E-state index in [-0.39, 0.29) is 17.4 Å². The second-order valence-electron chi connectivity index (χ2n) is 7.79. The number of aromatic nitrogens is 4. The molecule has 0 aliphatic rings. The van der Waals surface area contributed by atoms with Crippen molar-refractivity contribution in [2.75, 3.05) is 11.9 Å². The van der Waals surface area contributed by atoms with Crippen LogP contribution in [0.25, 0.3) is 16.5 Å². The molecule has 0 aliphatic heterocycles. The molecule has 0 aliphatic carbocycles. The number of rotatable bonds is 10. The van der Waals surface area contributed by atoms with E-state index >= 15 is 0 Å². The van der Waals surface area contributed by atoms with Crippen molar-refractivity contribution >= 4 is 23.1 Å². The molecule has 3 heterocycles. The largest absolute Gasteiger partial charge is 0.494 e. The molecule has 2 N–H and O–H groups in total. The number of anilines is 1. The summed E-state index contributed by atoms with van der Waals surface area (Å²) in [5, 5.41) is 9.50. The van der Waals surface area contributed by atoms with Gasteiger partial charge in [-0.2, -0.15) is 9.78 Å². The van der Waals surface area contributed by atoms with E-state index in [1.807, 2.05) is 24.4 Å². The molecule has 0 saturated carbocycles. The van der Waals surface area contributed by atoms with Crippen molar-refractivity contribution in [2.45, 2.75) is 39.5 Å². The Morgan fingerprint density at radius 2 is 1.97 bits per heavy atom. The number of carbonyl (C=O) groups excluding carboxylic acids is 1. The standard InChI is InChI=1S/C25H27N5O3S/c1-3-5-13-33-19-11-9-17(10-12-19)24(32)27-22-16-20(21-8-6-14-34-21)29-30(22)25-26-18(7-4-2)15-23(31)28-25/h6,8-12,14-16H,3-5,7,13H2,1-2H3,(H,27,32)(H,26,28,31). The molecule has 0 fully saturated rings. The van der Waals surface area contributed by atoms with Crippen molar-refractivity contribution in [3.8, 4) is 22.3 Å². The number of ether oxygens (including phenoxy) is 1. The fraction of sp³-hybridized carbons (Fsp3) is 0.280. The van der Waals surface area contributed by atoms with E-state index in [9.17, 15) is 9.59 Å². The summed E-state index contributed by atoms with van der Waals surface area (Å²) in [5.74, 6) is 1.10. The van der Waals surface area contributed by atoms with Gasteiger partial charge in [0.05, 0.1) is 11.5 Å². The molecule has 0 unspecified atom stereocenters. The third-order valence-electron chi connectivity index (χ3n) is 5.10. The highest BCUT2D eigenvalue weighted by Gasteiger charge is 2.17. The van der Waals surface area contributed by atoms with Gasteiger partial charge in [-0.25, -0.2) is 4.98 Å². The Kier molecular flexibility index (Phi) is 7.54. The molecule has 0 radical (unpaired) electrons. The minimum Gasteiger partial charge on any atom is -0.494 e. The summed E-state index contributed by atoms with van der Waals surface area (Å²) in [5.41, 5.74) is 1.56. The van der Waals surface area contributed by atoms with E-state index in [4.69, 9.17) is 4.74 Å². The zero-order chi connectivity index (χ0) is 23.9. The summed E-state index contributed by atoms with van der Waals surface area (Å²) >= 11 is 1.54. The summed E-state index contributed by atoms with van der Waals surface area (Å²) in [4.78, 5) is 33.5. The van der Waals surface area contributed by atoms with E-state index in [2.05, 4.69) is 27.3 Å². The molecule has 176 valence electrons. The molecule has 0 atom stereocenters. The number of hydrogen-bond donors (Lipinski definition) is 2. The number of H-pyrrole nitrogens is 1. The molecule has 4 rings (SSSR count). The summed E-state index contributed by atoms with van der Waals surface area (Å²) in [6, 6.07) is 14.2. The Labute approximate surface area is 201 Å². The Balaban J connectivity index is 1.63. The van der Waals surface area contributed by atoms with Crippen LogP contribution < -0.4 is 15.6 Å². The van der Waals surface area contributed by atoms with E-state index < -0.39 is 0 Å². The summed E-state index contributed by atoms with van der Waals surface area (Å²) in [7, 11) is 0. The molecule has 1 aromatic carbocycles. The first-order valence-corrected chi connectivity index (χ1v) is 12.2. The molecular formula is C25H27N5O3S. The third-order valence-corrected chi connectivity index (χ3v) is 5.99. The third kappa shape index (κ3) is 5.60. The van der Waals surface area contributed by atoms with Gasteiger partial charge in [-0.15, -0.1) is 11.3 Å². The number of thiophene rings is 1. The van der Waals surface area contributed by atoms with Gasteiger partial charge in [0, 0.05) is 23.4 Å². The number of aryl methyl sites for hydroxylation is 1. The smallest absolute Gasteiger partial charge is 0.256 e. The molecular weight excluding hydrogens is 450 g/mol. The van der Waals surface area contributed by atoms with Crippen LogP contribution in [-0.2, 0) is 6.42 Å². The van der Waals surface area contributed by atoms with Gasteiger partial charge in [-0.3, -0.25) is 14.6 Å². The molecule has 1 amide bonds. The van der Waals surface area contributed by atoms with Gasteiger partial charge in [0.1, 0.15) is 17.3 Å². The number of aromatic amines is 1. The Hall–Kier alpha value is -3.72. The van der Waals surface area contributed by atoms with Crippen LogP contribution in [0.5, 0.6) is 5.75 Å². The number of unbranched alkanes of at least 4 members (excludes halogenated alkanes) is 1. The lowest BCUT2D eigenvalue weighted by molar-refractivity contribution is 0.102. The highest BCUT2D eigenvalue weighted by molar-refractivity contribution is 7.13. The van der Waals surface area contributed by atoms with Crippen LogP contribution in [0.15, 0.2) is 58.7 Å². The van der Waals surface area contributed by atoms with Gasteiger partial charge in [-0.1, -0.05) is 32.8 Å². The van der Waals surface area contributed by atoms with Crippen LogP contribution >= 0.6 is 11.3 Å². The predicted octanol–water partition coefficient (Wildman–Crippen LogP) is 5.07. The van der Waals surface area contributed by atoms with Crippen LogP contribution in [0.4, 0.5) is 5.82 Å². The van der Waals surface area contributed by atoms with Crippen LogP contribution in [0.3, 0.4) is 0 Å². The van der Waals surface area contributed by atoms with Gasteiger partial charge >= 0.3 is 0 Å². The fourth-order valence-corrected chi connectivity index (χ4v) is 4.06. The lowest BCUT2D eigenvalue weighted by Crippen LogP contribution is -2.19. The van der Waals surface area contributed by atoms with E-state index in [0.717, 1.165) is 29.9 Å². The summed E-state index contributed by atoms with van der Waals surface area (Å²) in [6.45, 7) is 4.78. The quantitative estimate of drug-likeness (QED) is 0.311. The minimum atomic E-state index is -0.300. The maximum absolute atomic E-state index is 13.0. The first kappa shape index (κ1) is 23.4. The zero-order valence-electron chi connectivity index (χ0n) is 19.2. The van der Waals surface area contributed by atoms with Crippen LogP contribution in [-0.4, -0.2) is 32.3 Å². The molecule has 0 spiro atoms. The zero-order valence-corrected chi connectivity index (χ0v) is 20.0. The van der Waals surface area contributed by atoms with E-state index in [1.165, 1.54) is 22.1 Å². The Morgan fingerprint density at radius 3 is 2.68 bits per heavy atom. The molecule has 8 nitrogen and oxygen atoms in total. The fourth-order valence-electron chi connectivity index (χ4n) is 3.38. The van der Waals surface area contributed by atoms with Crippen molar-refractivity contribution in [2.24, 2.45) is 0 Å². The van der Waals surface area contributed by atoms with E-state index in [0.29, 0.717) is 35.8 Å². The second-order valence-corrected chi connectivity index (χ2v) is 8.74. The van der Waals surface area contributed by atoms with Gasteiger partial charge in [-0.05, 0) is 48.6 Å².